The summed E-state index contributed by atoms with van der Waals surface area (Å²) in [7, 11) is 4.09. The van der Waals surface area contributed by atoms with Crippen LogP contribution in [0.2, 0.25) is 0 Å². The number of esters is 3. The van der Waals surface area contributed by atoms with Crippen molar-refractivity contribution in [2.24, 2.45) is 0 Å². The fourth-order valence-corrected chi connectivity index (χ4v) is 18.3. The number of pyridine rings is 7. The van der Waals surface area contributed by atoms with Crippen LogP contribution < -0.4 is 0 Å². The zero-order valence-electron chi connectivity index (χ0n) is 80.2. The third kappa shape index (κ3) is 21.0. The number of nitrogens with zero attached hydrogens (tertiary/aromatic N) is 15. The van der Waals surface area contributed by atoms with E-state index in [9.17, 15) is 24.0 Å². The Labute approximate surface area is 839 Å². The van der Waals surface area contributed by atoms with Gasteiger partial charge < -0.3 is 50.9 Å². The van der Waals surface area contributed by atoms with E-state index in [1.807, 2.05) is 202 Å². The van der Waals surface area contributed by atoms with Gasteiger partial charge in [0.15, 0.2) is 0 Å². The van der Waals surface area contributed by atoms with Crippen LogP contribution in [0.25, 0.3) is 120 Å². The summed E-state index contributed by atoms with van der Waals surface area (Å²) in [5.74, 6) is 2.65. The average molecular weight is 2120 g/mol. The van der Waals surface area contributed by atoms with Crippen molar-refractivity contribution >= 4 is 130 Å². The van der Waals surface area contributed by atoms with Gasteiger partial charge in [-0.25, -0.2) is 28.5 Å². The highest BCUT2D eigenvalue weighted by Crippen LogP contribution is 2.43. The van der Waals surface area contributed by atoms with E-state index in [2.05, 4.69) is 127 Å². The van der Waals surface area contributed by atoms with Crippen molar-refractivity contribution in [3.63, 3.8) is 0 Å². The largest absolute Gasteiger partial charge is 0.465 e. The van der Waals surface area contributed by atoms with Gasteiger partial charge in [-0.05, 0) is 288 Å². The zero-order valence-corrected chi connectivity index (χ0v) is 85.3. The Kier molecular flexibility index (Phi) is 29.6. The highest BCUT2D eigenvalue weighted by Gasteiger charge is 2.31. The zero-order chi connectivity index (χ0) is 98.7. The van der Waals surface area contributed by atoms with Crippen LogP contribution in [-0.4, -0.2) is 137 Å². The van der Waals surface area contributed by atoms with Crippen LogP contribution in [0.4, 0.5) is 9.59 Å². The summed E-state index contributed by atoms with van der Waals surface area (Å²) >= 11 is 4.50. The van der Waals surface area contributed by atoms with Gasteiger partial charge in [0.2, 0.25) is 0 Å². The first kappa shape index (κ1) is 99.4. The van der Waals surface area contributed by atoms with Gasteiger partial charge in [-0.1, -0.05) is 86.5 Å². The van der Waals surface area contributed by atoms with Crippen LogP contribution in [0.5, 0.6) is 0 Å². The smallest absolute Gasteiger partial charge is 0.419 e. The summed E-state index contributed by atoms with van der Waals surface area (Å²) < 4.78 is 59.2. The Morgan fingerprint density at radius 1 is 0.371 bits per heavy atom. The molecular formula is C107H98ClI2N15O15. The number of ether oxygens (including phenoxy) is 5. The Morgan fingerprint density at radius 2 is 0.707 bits per heavy atom. The molecule has 30 nitrogen and oxygen atoms in total. The van der Waals surface area contributed by atoms with Gasteiger partial charge in [0, 0.05) is 138 Å². The average Bonchev–Trinajstić information content (AvgIpc) is 1.64. The predicted molar refractivity (Wildman–Crippen MR) is 549 cm³/mol. The van der Waals surface area contributed by atoms with Crippen LogP contribution >= 0.6 is 57.6 Å². The van der Waals surface area contributed by atoms with Crippen LogP contribution in [0.3, 0.4) is 0 Å². The number of carbonyl (C=O) groups excluding carboxylic acids is 5. The van der Waals surface area contributed by atoms with Crippen molar-refractivity contribution in [3.8, 4) is 77.9 Å². The maximum Gasteiger partial charge on any atom is 0.419 e. The molecule has 0 atom stereocenters. The van der Waals surface area contributed by atoms with Crippen LogP contribution in [0, 0.1) is 72.8 Å². The van der Waals surface area contributed by atoms with Gasteiger partial charge in [-0.2, -0.15) is 0 Å². The SMILES string of the molecule is COC(=O)c1ccc(-c2cn(C(=O)OC(C)(C)C)c3cc(-c4c(C)noc4C)cnc23)cc1.COC(=O)c1ccc(-c2cn(C(c3ccccn3)c3ccccn3)c3cc(-c4c(C)noc4C)cnc23)cc1.COC(=O)c1ccc(C2=CCc3cc(-c4c(C)noc4C)cnc32)cc1.Cc1noc(C)c1-c1cnc2c(I)cn(C(=O)OC(C)(C)C)c2c1.Cc1noc(C)c1-c1cnc2c(c1)CC=C2I.Cl. The van der Waals surface area contributed by atoms with Gasteiger partial charge in [0.05, 0.1) is 120 Å². The van der Waals surface area contributed by atoms with Gasteiger partial charge >= 0.3 is 30.1 Å². The molecule has 20 rings (SSSR count). The predicted octanol–water partition coefficient (Wildman–Crippen LogP) is 24.7. The fourth-order valence-electron chi connectivity index (χ4n) is 16.9. The van der Waals surface area contributed by atoms with Crippen molar-refractivity contribution in [1.82, 2.24) is 74.4 Å². The normalized spacial score (nSPS) is 11.9. The molecule has 0 spiro atoms. The molecule has 0 saturated carbocycles. The minimum atomic E-state index is -0.664. The fraction of sp³-hybridized carbons (Fsp3) is 0.224. The Bertz CT molecular complexity index is 7670. The lowest BCUT2D eigenvalue weighted by Crippen LogP contribution is -2.26. The molecule has 712 valence electrons. The molecule has 0 fully saturated rings. The number of methoxy groups -OCH3 is 3. The molecule has 33 heteroatoms. The number of rotatable bonds is 14. The lowest BCUT2D eigenvalue weighted by atomic mass is 10.00. The number of halogens is 3. The van der Waals surface area contributed by atoms with Gasteiger partial charge in [-0.3, -0.25) is 39.5 Å². The highest BCUT2D eigenvalue weighted by molar-refractivity contribution is 14.1. The first-order valence-electron chi connectivity index (χ1n) is 44.3. The minimum Gasteiger partial charge on any atom is -0.465 e. The number of benzene rings is 3. The first-order chi connectivity index (χ1) is 66.5. The first-order valence-corrected chi connectivity index (χ1v) is 46.5. The van der Waals surface area contributed by atoms with Crippen LogP contribution in [0.15, 0.2) is 236 Å². The van der Waals surface area contributed by atoms with Crippen LogP contribution in [-0.2, 0) is 36.5 Å². The summed E-state index contributed by atoms with van der Waals surface area (Å²) in [5.41, 5.74) is 29.9. The number of aromatic nitrogens is 15. The Hall–Kier alpha value is -15.0. The molecule has 0 aliphatic heterocycles. The van der Waals surface area contributed by atoms with E-state index >= 15 is 0 Å². The quantitative estimate of drug-likeness (QED) is 0.0554. The second-order valence-corrected chi connectivity index (χ2v) is 37.4. The molecule has 18 aromatic rings. The van der Waals surface area contributed by atoms with Crippen molar-refractivity contribution in [2.45, 2.75) is 141 Å². The van der Waals surface area contributed by atoms with Crippen molar-refractivity contribution < 1.29 is 70.3 Å². The molecule has 0 amide bonds. The molecule has 140 heavy (non-hydrogen) atoms. The molecule has 0 radical (unpaired) electrons. The number of hydrogen-bond donors (Lipinski definition) is 0. The molecule has 3 aromatic carbocycles. The summed E-state index contributed by atoms with van der Waals surface area (Å²) in [6.07, 6.45) is 23.5. The molecule has 2 aliphatic carbocycles. The molecule has 0 saturated heterocycles. The standard InChI is InChI=1S/C31H25N5O3.C25H25N3O5.C21H18N2O3.C17H18IN3O3.C13H11IN2O.ClH/c1-19-28(20(2)39-35-19)23-16-27-29(34-17-23)24(21-10-12-22(13-11-21)31(37)38-3)18-36(27)30(25-8-4-6-14-32-25)26-9-5-7-15-33-26;1-14-21(15(2)33-27-14)18-11-20-22(26-12-18)19(13-28(20)24(30)32-25(3,4)5)16-7-9-17(10-8-16)23(29)31-6;1-12-19(13(2)26-23-12)17-10-16-8-9-18(20(16)22-11-17)14-4-6-15(7-5-14)21(24)25-3;1-9-14(10(2)24-20-9)11-6-13-15(19-7-11)12(18)8-21(13)16(22)23-17(3,4)5;1-7-12(8(2)17-16-7)10-5-9-3-4-11(14)13(9)15-6-10;/h4-18,30H,1-3H3;7-13H,1-6H3;4-7,9-11H,8H2,1-3H3;6-8H,1-5H3;4-6H,3H2,1-2H3;1H. The van der Waals surface area contributed by atoms with E-state index in [1.165, 1.54) is 45.2 Å². The molecule has 15 aromatic heterocycles. The monoisotopic (exact) mass is 2120 g/mol. The topological polar surface area (TPSA) is 367 Å². The summed E-state index contributed by atoms with van der Waals surface area (Å²) in [6, 6.07) is 43.4. The molecule has 0 unspecified atom stereocenters. The number of fused-ring (bicyclic) bond motifs is 5. The third-order valence-corrected chi connectivity index (χ3v) is 24.9. The Balaban J connectivity index is 0.000000135. The third-order valence-electron chi connectivity index (χ3n) is 23.2. The molecule has 0 N–H and O–H groups in total. The Morgan fingerprint density at radius 3 is 1.09 bits per heavy atom. The van der Waals surface area contributed by atoms with E-state index in [1.54, 1.807) is 85.7 Å². The molecule has 15 heterocycles. The summed E-state index contributed by atoms with van der Waals surface area (Å²) in [5, 5.41) is 20.2. The summed E-state index contributed by atoms with van der Waals surface area (Å²) in [6.45, 7) is 30.0. The number of allylic oxidation sites excluding steroid dienone is 2. The van der Waals surface area contributed by atoms with Gasteiger partial charge in [-0.15, -0.1) is 12.4 Å². The van der Waals surface area contributed by atoms with Crippen molar-refractivity contribution in [2.75, 3.05) is 21.3 Å². The summed E-state index contributed by atoms with van der Waals surface area (Å²) in [4.78, 5) is 93.7. The highest BCUT2D eigenvalue weighted by atomic mass is 127. The van der Waals surface area contributed by atoms with Gasteiger partial charge in [0.1, 0.15) is 51.6 Å². The van der Waals surface area contributed by atoms with Crippen molar-refractivity contribution in [3.05, 3.63) is 331 Å². The van der Waals surface area contributed by atoms with Gasteiger partial charge in [0.25, 0.3) is 0 Å². The van der Waals surface area contributed by atoms with Crippen LogP contribution in [0.1, 0.15) is 175 Å². The van der Waals surface area contributed by atoms with E-state index in [0.717, 1.165) is 196 Å². The number of carbonyl (C=O) groups is 5. The van der Waals surface area contributed by atoms with E-state index in [-0.39, 0.29) is 30.4 Å². The van der Waals surface area contributed by atoms with Crippen molar-refractivity contribution in [1.29, 1.82) is 0 Å². The minimum absolute atomic E-state index is 0. The van der Waals surface area contributed by atoms with E-state index in [4.69, 9.17) is 66.2 Å². The second kappa shape index (κ2) is 41.7. The lowest BCUT2D eigenvalue weighted by Gasteiger charge is -2.19. The lowest BCUT2D eigenvalue weighted by molar-refractivity contribution is 0.0533. The molecular weight excluding hydrogens is 2020 g/mol. The molecule has 0 bridgehead atoms. The maximum absolute atomic E-state index is 13.1. The molecule has 2 aliphatic rings. The second-order valence-electron chi connectivity index (χ2n) is 35.1. The number of hydrogen-bond acceptors (Lipinski definition) is 27. The number of aryl methyl sites for hydroxylation is 10. The van der Waals surface area contributed by atoms with E-state index < -0.39 is 29.4 Å². The maximum atomic E-state index is 13.1. The van der Waals surface area contributed by atoms with E-state index in [0.29, 0.717) is 39.0 Å².